The second-order valence-electron chi connectivity index (χ2n) is 4.13. The Kier molecular flexibility index (Phi) is 6.50. The standard InChI is InChI=1S/C12H20ClNO2/c1-11(9-13)10-16-8-4-5-12(15)14-6-2-3-7-14/h1-10H2. The molecule has 1 saturated heterocycles. The molecule has 0 aliphatic carbocycles. The minimum Gasteiger partial charge on any atom is -0.377 e. The van der Waals surface area contributed by atoms with E-state index in [0.717, 1.165) is 37.9 Å². The molecular weight excluding hydrogens is 226 g/mol. The number of halogens is 1. The van der Waals surface area contributed by atoms with Crippen LogP contribution in [0.5, 0.6) is 0 Å². The third-order valence-corrected chi connectivity index (χ3v) is 3.01. The zero-order valence-electron chi connectivity index (χ0n) is 9.71. The van der Waals surface area contributed by atoms with Crippen molar-refractivity contribution in [1.82, 2.24) is 4.90 Å². The third-order valence-electron chi connectivity index (χ3n) is 2.63. The van der Waals surface area contributed by atoms with Gasteiger partial charge in [-0.05, 0) is 24.8 Å². The highest BCUT2D eigenvalue weighted by atomic mass is 35.5. The van der Waals surface area contributed by atoms with Crippen molar-refractivity contribution in [3.05, 3.63) is 12.2 Å². The van der Waals surface area contributed by atoms with Gasteiger partial charge in [0, 0.05) is 32.0 Å². The molecular formula is C12H20ClNO2. The van der Waals surface area contributed by atoms with Gasteiger partial charge in [-0.2, -0.15) is 0 Å². The van der Waals surface area contributed by atoms with E-state index < -0.39 is 0 Å². The summed E-state index contributed by atoms with van der Waals surface area (Å²) in [5, 5.41) is 0. The third kappa shape index (κ3) is 4.99. The van der Waals surface area contributed by atoms with Crippen molar-refractivity contribution in [2.45, 2.75) is 25.7 Å². The van der Waals surface area contributed by atoms with Gasteiger partial charge < -0.3 is 9.64 Å². The fraction of sp³-hybridized carbons (Fsp3) is 0.750. The van der Waals surface area contributed by atoms with Gasteiger partial charge in [-0.3, -0.25) is 4.79 Å². The molecule has 0 unspecified atom stereocenters. The Balaban J connectivity index is 1.98. The van der Waals surface area contributed by atoms with E-state index in [-0.39, 0.29) is 5.91 Å². The Bertz CT molecular complexity index is 237. The fourth-order valence-electron chi connectivity index (χ4n) is 1.71. The average Bonchev–Trinajstić information content (AvgIpc) is 2.81. The van der Waals surface area contributed by atoms with Crippen molar-refractivity contribution in [3.63, 3.8) is 0 Å². The van der Waals surface area contributed by atoms with Crippen molar-refractivity contribution < 1.29 is 9.53 Å². The van der Waals surface area contributed by atoms with Gasteiger partial charge in [0.1, 0.15) is 0 Å². The molecule has 0 saturated carbocycles. The highest BCUT2D eigenvalue weighted by Crippen LogP contribution is 2.09. The molecule has 1 rings (SSSR count). The highest BCUT2D eigenvalue weighted by Gasteiger charge is 2.16. The molecule has 0 atom stereocenters. The lowest BCUT2D eigenvalue weighted by Crippen LogP contribution is -2.27. The lowest BCUT2D eigenvalue weighted by Gasteiger charge is -2.14. The first kappa shape index (κ1) is 13.5. The van der Waals surface area contributed by atoms with E-state index in [4.69, 9.17) is 16.3 Å². The Morgan fingerprint density at radius 1 is 1.38 bits per heavy atom. The van der Waals surface area contributed by atoms with Crippen LogP contribution in [0.25, 0.3) is 0 Å². The topological polar surface area (TPSA) is 29.5 Å². The van der Waals surface area contributed by atoms with Gasteiger partial charge >= 0.3 is 0 Å². The molecule has 0 aromatic carbocycles. The molecule has 1 fully saturated rings. The quantitative estimate of drug-likeness (QED) is 0.391. The summed E-state index contributed by atoms with van der Waals surface area (Å²) in [6, 6.07) is 0. The van der Waals surface area contributed by atoms with Crippen LogP contribution in [-0.4, -0.2) is 43.0 Å². The number of rotatable bonds is 7. The SMILES string of the molecule is C=C(CCl)COCCCC(=O)N1CCCC1. The summed E-state index contributed by atoms with van der Waals surface area (Å²) < 4.78 is 5.34. The maximum atomic E-state index is 11.6. The largest absolute Gasteiger partial charge is 0.377 e. The van der Waals surface area contributed by atoms with Crippen LogP contribution in [0.1, 0.15) is 25.7 Å². The highest BCUT2D eigenvalue weighted by molar-refractivity contribution is 6.19. The molecule has 1 aliphatic heterocycles. The van der Waals surface area contributed by atoms with Gasteiger partial charge in [-0.15, -0.1) is 11.6 Å². The van der Waals surface area contributed by atoms with Crippen LogP contribution in [0, 0.1) is 0 Å². The van der Waals surface area contributed by atoms with E-state index in [2.05, 4.69) is 6.58 Å². The maximum absolute atomic E-state index is 11.6. The zero-order valence-corrected chi connectivity index (χ0v) is 10.5. The van der Waals surface area contributed by atoms with E-state index in [1.54, 1.807) is 0 Å². The maximum Gasteiger partial charge on any atom is 0.222 e. The summed E-state index contributed by atoms with van der Waals surface area (Å²) in [5.41, 5.74) is 0.882. The number of carbonyl (C=O) groups is 1. The first-order chi connectivity index (χ1) is 7.74. The van der Waals surface area contributed by atoms with Crippen LogP contribution in [-0.2, 0) is 9.53 Å². The number of amides is 1. The van der Waals surface area contributed by atoms with Crippen LogP contribution in [0.2, 0.25) is 0 Å². The van der Waals surface area contributed by atoms with Gasteiger partial charge in [0.25, 0.3) is 0 Å². The summed E-state index contributed by atoms with van der Waals surface area (Å²) in [4.78, 5) is 13.6. The Hall–Kier alpha value is -0.540. The molecule has 1 heterocycles. The molecule has 0 bridgehead atoms. The first-order valence-corrected chi connectivity index (χ1v) is 6.35. The zero-order chi connectivity index (χ0) is 11.8. The van der Waals surface area contributed by atoms with Crippen molar-refractivity contribution in [2.75, 3.05) is 32.2 Å². The molecule has 0 spiro atoms. The van der Waals surface area contributed by atoms with Crippen molar-refractivity contribution in [3.8, 4) is 0 Å². The number of hydrogen-bond donors (Lipinski definition) is 0. The molecule has 0 radical (unpaired) electrons. The van der Waals surface area contributed by atoms with Crippen LogP contribution in [0.3, 0.4) is 0 Å². The molecule has 1 aliphatic rings. The number of ether oxygens (including phenoxy) is 1. The van der Waals surface area contributed by atoms with Gasteiger partial charge in [-0.25, -0.2) is 0 Å². The monoisotopic (exact) mass is 245 g/mol. The summed E-state index contributed by atoms with van der Waals surface area (Å²) in [6.07, 6.45) is 3.67. The molecule has 0 aromatic heterocycles. The van der Waals surface area contributed by atoms with Gasteiger partial charge in [0.15, 0.2) is 0 Å². The van der Waals surface area contributed by atoms with Crippen LogP contribution in [0.4, 0.5) is 0 Å². The number of likely N-dealkylation sites (tertiary alicyclic amines) is 1. The van der Waals surface area contributed by atoms with E-state index in [1.165, 1.54) is 0 Å². The van der Waals surface area contributed by atoms with E-state index in [9.17, 15) is 4.79 Å². The summed E-state index contributed by atoms with van der Waals surface area (Å²) in [5.74, 6) is 0.699. The molecule has 4 heteroatoms. The number of nitrogens with zero attached hydrogens (tertiary/aromatic N) is 1. The fourth-order valence-corrected chi connectivity index (χ4v) is 1.78. The van der Waals surface area contributed by atoms with Gasteiger partial charge in [0.2, 0.25) is 5.91 Å². The second-order valence-corrected chi connectivity index (χ2v) is 4.39. The van der Waals surface area contributed by atoms with Crippen LogP contribution >= 0.6 is 11.6 Å². The summed E-state index contributed by atoms with van der Waals surface area (Å²) in [6.45, 7) is 6.71. The molecule has 16 heavy (non-hydrogen) atoms. The predicted octanol–water partition coefficient (Wildman–Crippen LogP) is 2.20. The molecule has 1 amide bonds. The lowest BCUT2D eigenvalue weighted by atomic mass is 10.3. The Morgan fingerprint density at radius 3 is 2.69 bits per heavy atom. The van der Waals surface area contributed by atoms with Crippen LogP contribution < -0.4 is 0 Å². The van der Waals surface area contributed by atoms with Crippen LogP contribution in [0.15, 0.2) is 12.2 Å². The van der Waals surface area contributed by atoms with Crippen molar-refractivity contribution in [1.29, 1.82) is 0 Å². The number of alkyl halides is 1. The molecule has 92 valence electrons. The normalized spacial score (nSPS) is 15.4. The second kappa shape index (κ2) is 7.69. The average molecular weight is 246 g/mol. The van der Waals surface area contributed by atoms with Crippen molar-refractivity contribution in [2.24, 2.45) is 0 Å². The molecule has 3 nitrogen and oxygen atoms in total. The van der Waals surface area contributed by atoms with E-state index in [0.29, 0.717) is 25.5 Å². The number of carbonyl (C=O) groups excluding carboxylic acids is 1. The lowest BCUT2D eigenvalue weighted by molar-refractivity contribution is -0.130. The Morgan fingerprint density at radius 2 is 2.06 bits per heavy atom. The smallest absolute Gasteiger partial charge is 0.222 e. The summed E-state index contributed by atoms with van der Waals surface area (Å²) in [7, 11) is 0. The van der Waals surface area contributed by atoms with Gasteiger partial charge in [0.05, 0.1) is 6.61 Å². The van der Waals surface area contributed by atoms with E-state index in [1.807, 2.05) is 4.90 Å². The van der Waals surface area contributed by atoms with Crippen molar-refractivity contribution >= 4 is 17.5 Å². The number of hydrogen-bond acceptors (Lipinski definition) is 2. The predicted molar refractivity (Wildman–Crippen MR) is 65.7 cm³/mol. The minimum atomic E-state index is 0.261. The summed E-state index contributed by atoms with van der Waals surface area (Å²) >= 11 is 5.56. The van der Waals surface area contributed by atoms with Gasteiger partial charge in [-0.1, -0.05) is 6.58 Å². The minimum absolute atomic E-state index is 0.261. The molecule has 0 N–H and O–H groups in total. The van der Waals surface area contributed by atoms with E-state index >= 15 is 0 Å². The molecule has 0 aromatic rings. The Labute approximate surface area is 102 Å². The first-order valence-electron chi connectivity index (χ1n) is 5.82.